The van der Waals surface area contributed by atoms with Gasteiger partial charge in [-0.3, -0.25) is 14.5 Å². The third-order valence-electron chi connectivity index (χ3n) is 2.79. The Kier molecular flexibility index (Phi) is 4.53. The Morgan fingerprint density at radius 1 is 1.55 bits per heavy atom. The van der Waals surface area contributed by atoms with Crippen LogP contribution in [0.15, 0.2) is 30.6 Å². The van der Waals surface area contributed by atoms with Gasteiger partial charge in [-0.1, -0.05) is 17.7 Å². The third kappa shape index (κ3) is 3.45. The number of nitrogens with zero attached hydrogens (tertiary/aromatic N) is 3. The van der Waals surface area contributed by atoms with Crippen LogP contribution in [-0.2, 0) is 18.4 Å². The van der Waals surface area contributed by atoms with Crippen molar-refractivity contribution in [3.63, 3.8) is 0 Å². The number of rotatable bonds is 4. The Balaban J connectivity index is 1.96. The summed E-state index contributed by atoms with van der Waals surface area (Å²) in [6.45, 7) is 2.29. The van der Waals surface area contributed by atoms with E-state index < -0.39 is 0 Å². The van der Waals surface area contributed by atoms with E-state index in [4.69, 9.17) is 11.6 Å². The quantitative estimate of drug-likeness (QED) is 0.877. The zero-order valence-electron chi connectivity index (χ0n) is 11.3. The fourth-order valence-electron chi connectivity index (χ4n) is 1.75. The second-order valence-corrected chi connectivity index (χ2v) is 4.68. The van der Waals surface area contributed by atoms with Crippen molar-refractivity contribution in [3.8, 4) is 0 Å². The summed E-state index contributed by atoms with van der Waals surface area (Å²) >= 11 is 6.08. The molecule has 0 fully saturated rings. The molecule has 0 radical (unpaired) electrons. The molecule has 2 aromatic rings. The van der Waals surface area contributed by atoms with Crippen molar-refractivity contribution in [2.45, 2.75) is 13.5 Å². The molecule has 0 unspecified atom stereocenters. The van der Waals surface area contributed by atoms with Crippen LogP contribution in [0.3, 0.4) is 0 Å². The van der Waals surface area contributed by atoms with E-state index in [1.54, 1.807) is 30.2 Å². The van der Waals surface area contributed by atoms with E-state index in [0.717, 1.165) is 16.8 Å². The topological polar surface area (TPSA) is 59.8 Å². The lowest BCUT2D eigenvalue weighted by Crippen LogP contribution is -2.20. The zero-order valence-corrected chi connectivity index (χ0v) is 12.1. The molecular formula is C14H15ClN4O. The van der Waals surface area contributed by atoms with Crippen LogP contribution in [0, 0.1) is 6.92 Å². The number of hydrogen-bond acceptors (Lipinski definition) is 3. The maximum Gasteiger partial charge on any atom is 0.244 e. The maximum absolute atomic E-state index is 11.7. The van der Waals surface area contributed by atoms with E-state index in [1.165, 1.54) is 6.08 Å². The van der Waals surface area contributed by atoms with Crippen molar-refractivity contribution in [2.75, 3.05) is 0 Å². The van der Waals surface area contributed by atoms with Gasteiger partial charge in [0.05, 0.1) is 5.69 Å². The van der Waals surface area contributed by atoms with Gasteiger partial charge in [-0.25, -0.2) is 0 Å². The zero-order chi connectivity index (χ0) is 14.5. The minimum Gasteiger partial charge on any atom is -0.348 e. The molecule has 2 rings (SSSR count). The molecule has 1 amide bonds. The molecule has 0 atom stereocenters. The van der Waals surface area contributed by atoms with Gasteiger partial charge in [-0.05, 0) is 24.6 Å². The molecule has 0 aliphatic rings. The van der Waals surface area contributed by atoms with Crippen LogP contribution in [0.5, 0.6) is 0 Å². The summed E-state index contributed by atoms with van der Waals surface area (Å²) in [6, 6.07) is 3.73. The number of amides is 1. The van der Waals surface area contributed by atoms with E-state index in [1.807, 2.05) is 19.1 Å². The number of aryl methyl sites for hydroxylation is 2. The molecular weight excluding hydrogens is 276 g/mol. The first-order chi connectivity index (χ1) is 9.58. The van der Waals surface area contributed by atoms with Gasteiger partial charge < -0.3 is 5.32 Å². The fourth-order valence-corrected chi connectivity index (χ4v) is 1.98. The third-order valence-corrected chi connectivity index (χ3v) is 3.24. The molecule has 0 spiro atoms. The monoisotopic (exact) mass is 290 g/mol. The molecule has 0 aliphatic heterocycles. The molecule has 2 aromatic heterocycles. The molecule has 0 saturated carbocycles. The van der Waals surface area contributed by atoms with Gasteiger partial charge in [0.1, 0.15) is 5.15 Å². The van der Waals surface area contributed by atoms with Crippen molar-refractivity contribution in [1.82, 2.24) is 20.1 Å². The average molecular weight is 291 g/mol. The normalized spacial score (nSPS) is 10.9. The Morgan fingerprint density at radius 2 is 2.35 bits per heavy atom. The second kappa shape index (κ2) is 6.34. The Labute approximate surface area is 122 Å². The number of halogens is 1. The highest BCUT2D eigenvalue weighted by molar-refractivity contribution is 6.31. The number of hydrogen-bond donors (Lipinski definition) is 1. The molecule has 0 saturated heterocycles. The number of carbonyl (C=O) groups is 1. The van der Waals surface area contributed by atoms with Crippen LogP contribution in [0.4, 0.5) is 0 Å². The maximum atomic E-state index is 11.7. The van der Waals surface area contributed by atoms with Crippen LogP contribution < -0.4 is 5.32 Å². The van der Waals surface area contributed by atoms with Crippen molar-refractivity contribution in [2.24, 2.45) is 7.05 Å². The second-order valence-electron chi connectivity index (χ2n) is 4.33. The molecule has 5 nitrogen and oxygen atoms in total. The number of pyridine rings is 1. The largest absolute Gasteiger partial charge is 0.348 e. The van der Waals surface area contributed by atoms with Gasteiger partial charge in [-0.15, -0.1) is 0 Å². The lowest BCUT2D eigenvalue weighted by molar-refractivity contribution is -0.116. The summed E-state index contributed by atoms with van der Waals surface area (Å²) in [4.78, 5) is 15.7. The molecule has 6 heteroatoms. The van der Waals surface area contributed by atoms with Gasteiger partial charge in [0, 0.05) is 37.6 Å². The van der Waals surface area contributed by atoms with Gasteiger partial charge in [0.25, 0.3) is 0 Å². The number of aromatic nitrogens is 3. The van der Waals surface area contributed by atoms with E-state index in [0.29, 0.717) is 11.7 Å². The highest BCUT2D eigenvalue weighted by Gasteiger charge is 2.08. The van der Waals surface area contributed by atoms with Crippen molar-refractivity contribution >= 4 is 23.6 Å². The summed E-state index contributed by atoms with van der Waals surface area (Å²) in [7, 11) is 1.76. The summed E-state index contributed by atoms with van der Waals surface area (Å²) in [5.74, 6) is -0.187. The van der Waals surface area contributed by atoms with Crippen LogP contribution >= 0.6 is 11.6 Å². The van der Waals surface area contributed by atoms with Gasteiger partial charge in [0.15, 0.2) is 0 Å². The average Bonchev–Trinajstić information content (AvgIpc) is 2.69. The predicted molar refractivity (Wildman–Crippen MR) is 78.1 cm³/mol. The highest BCUT2D eigenvalue weighted by Crippen LogP contribution is 2.19. The molecule has 104 valence electrons. The first-order valence-corrected chi connectivity index (χ1v) is 6.49. The van der Waals surface area contributed by atoms with Crippen LogP contribution in [0.2, 0.25) is 5.15 Å². The Morgan fingerprint density at radius 3 is 2.95 bits per heavy atom. The Hall–Kier alpha value is -2.14. The lowest BCUT2D eigenvalue weighted by Gasteiger charge is -2.01. The van der Waals surface area contributed by atoms with E-state index in [2.05, 4.69) is 15.4 Å². The molecule has 0 aliphatic carbocycles. The summed E-state index contributed by atoms with van der Waals surface area (Å²) in [6.07, 6.45) is 6.53. The highest BCUT2D eigenvalue weighted by atomic mass is 35.5. The smallest absolute Gasteiger partial charge is 0.244 e. The summed E-state index contributed by atoms with van der Waals surface area (Å²) in [5, 5.41) is 7.47. The van der Waals surface area contributed by atoms with E-state index in [9.17, 15) is 4.79 Å². The predicted octanol–water partition coefficient (Wildman–Crippen LogP) is 2.11. The van der Waals surface area contributed by atoms with Crippen LogP contribution in [0.1, 0.15) is 16.8 Å². The van der Waals surface area contributed by atoms with Gasteiger partial charge in [-0.2, -0.15) is 5.10 Å². The minimum absolute atomic E-state index is 0.187. The van der Waals surface area contributed by atoms with Crippen molar-refractivity contribution in [3.05, 3.63) is 52.6 Å². The first-order valence-electron chi connectivity index (χ1n) is 6.12. The summed E-state index contributed by atoms with van der Waals surface area (Å²) in [5.41, 5.74) is 2.49. The minimum atomic E-state index is -0.187. The van der Waals surface area contributed by atoms with Gasteiger partial charge in [0.2, 0.25) is 5.91 Å². The summed E-state index contributed by atoms with van der Waals surface area (Å²) < 4.78 is 1.57. The number of carbonyl (C=O) groups excluding carboxylic acids is 1. The van der Waals surface area contributed by atoms with E-state index in [-0.39, 0.29) is 5.91 Å². The fraction of sp³-hybridized carbons (Fsp3) is 0.214. The lowest BCUT2D eigenvalue weighted by atomic mass is 10.2. The SMILES string of the molecule is Cc1nn(C)c(Cl)c1/C=C/C(=O)NCc1cccnc1. The molecule has 20 heavy (non-hydrogen) atoms. The van der Waals surface area contributed by atoms with Crippen LogP contribution in [-0.4, -0.2) is 20.7 Å². The molecule has 1 N–H and O–H groups in total. The Bertz CT molecular complexity index is 634. The van der Waals surface area contributed by atoms with Crippen molar-refractivity contribution in [1.29, 1.82) is 0 Å². The van der Waals surface area contributed by atoms with Crippen molar-refractivity contribution < 1.29 is 4.79 Å². The first kappa shape index (κ1) is 14.3. The van der Waals surface area contributed by atoms with E-state index >= 15 is 0 Å². The van der Waals surface area contributed by atoms with Gasteiger partial charge >= 0.3 is 0 Å². The molecule has 0 aromatic carbocycles. The molecule has 0 bridgehead atoms. The standard InChI is InChI=1S/C14H15ClN4O/c1-10-12(14(15)19(2)18-10)5-6-13(20)17-9-11-4-3-7-16-8-11/h3-8H,9H2,1-2H3,(H,17,20)/b6-5+. The number of nitrogens with one attached hydrogen (secondary N) is 1. The van der Waals surface area contributed by atoms with Crippen LogP contribution in [0.25, 0.3) is 6.08 Å². The molecule has 2 heterocycles.